The Bertz CT molecular complexity index is 130. The van der Waals surface area contributed by atoms with E-state index in [1.165, 1.54) is 32.1 Å². The summed E-state index contributed by atoms with van der Waals surface area (Å²) in [5.41, 5.74) is 5.59. The summed E-state index contributed by atoms with van der Waals surface area (Å²) in [7, 11) is 0. The van der Waals surface area contributed by atoms with Crippen LogP contribution in [0.5, 0.6) is 0 Å². The lowest BCUT2D eigenvalue weighted by molar-refractivity contribution is 0.268. The Morgan fingerprint density at radius 1 is 1.23 bits per heavy atom. The molecule has 1 unspecified atom stereocenters. The first-order chi connectivity index (χ1) is 6.24. The molecule has 1 aliphatic rings. The summed E-state index contributed by atoms with van der Waals surface area (Å²) < 4.78 is 0. The lowest BCUT2D eigenvalue weighted by Gasteiger charge is -2.30. The highest BCUT2D eigenvalue weighted by Crippen LogP contribution is 2.26. The van der Waals surface area contributed by atoms with Crippen molar-refractivity contribution in [2.45, 2.75) is 58.0 Å². The fourth-order valence-electron chi connectivity index (χ4n) is 2.29. The van der Waals surface area contributed by atoms with Crippen LogP contribution in [0.2, 0.25) is 0 Å². The molecule has 0 saturated heterocycles. The molecular formula is C11H24N2. The summed E-state index contributed by atoms with van der Waals surface area (Å²) in [6.07, 6.45) is 7.11. The Kier molecular flexibility index (Phi) is 4.74. The van der Waals surface area contributed by atoms with Crippen LogP contribution >= 0.6 is 0 Å². The predicted octanol–water partition coefficient (Wildman–Crippen LogP) is 1.89. The summed E-state index contributed by atoms with van der Waals surface area (Å²) in [6, 6.07) is 1.12. The number of hydrogen-bond acceptors (Lipinski definition) is 2. The van der Waals surface area contributed by atoms with E-state index in [1.54, 1.807) is 0 Å². The number of nitrogens with two attached hydrogens (primary N) is 1. The Balaban J connectivity index is 2.24. The molecule has 0 radical (unpaired) electrons. The minimum Gasteiger partial charge on any atom is -0.329 e. The molecule has 0 spiro atoms. The summed E-state index contributed by atoms with van der Waals surface area (Å²) in [5.74, 6) is 0.891. The molecule has 0 heterocycles. The van der Waals surface area contributed by atoms with Crippen LogP contribution in [0.25, 0.3) is 0 Å². The molecule has 2 nitrogen and oxygen atoms in total. The first-order valence-corrected chi connectivity index (χ1v) is 5.70. The topological polar surface area (TPSA) is 38.0 Å². The van der Waals surface area contributed by atoms with E-state index in [0.29, 0.717) is 12.1 Å². The van der Waals surface area contributed by atoms with Crippen LogP contribution in [0.4, 0.5) is 0 Å². The van der Waals surface area contributed by atoms with Gasteiger partial charge in [0.05, 0.1) is 0 Å². The number of nitrogens with one attached hydrogen (secondary N) is 1. The average Bonchev–Trinajstić information content (AvgIpc) is 2.19. The second-order valence-corrected chi connectivity index (χ2v) is 4.49. The summed E-state index contributed by atoms with van der Waals surface area (Å²) in [5, 5.41) is 3.57. The van der Waals surface area contributed by atoms with Crippen LogP contribution in [0.1, 0.15) is 46.0 Å². The zero-order chi connectivity index (χ0) is 9.68. The van der Waals surface area contributed by atoms with Crippen LogP contribution in [-0.4, -0.2) is 18.6 Å². The Morgan fingerprint density at radius 2 is 1.85 bits per heavy atom. The highest BCUT2D eigenvalue weighted by Gasteiger charge is 2.20. The summed E-state index contributed by atoms with van der Waals surface area (Å²) in [4.78, 5) is 0. The van der Waals surface area contributed by atoms with Gasteiger partial charge in [-0.25, -0.2) is 0 Å². The Labute approximate surface area is 82.3 Å². The maximum atomic E-state index is 5.59. The fourth-order valence-corrected chi connectivity index (χ4v) is 2.29. The molecule has 0 amide bonds. The molecule has 0 aromatic heterocycles. The van der Waals surface area contributed by atoms with Gasteiger partial charge < -0.3 is 11.1 Å². The summed E-state index contributed by atoms with van der Waals surface area (Å²) >= 11 is 0. The van der Waals surface area contributed by atoms with E-state index >= 15 is 0 Å². The van der Waals surface area contributed by atoms with Gasteiger partial charge in [-0.2, -0.15) is 0 Å². The van der Waals surface area contributed by atoms with Gasteiger partial charge >= 0.3 is 0 Å². The molecule has 78 valence electrons. The van der Waals surface area contributed by atoms with Gasteiger partial charge in [0.1, 0.15) is 0 Å². The van der Waals surface area contributed by atoms with Crippen LogP contribution in [-0.2, 0) is 0 Å². The van der Waals surface area contributed by atoms with Crippen LogP contribution in [0, 0.1) is 5.92 Å². The third-order valence-corrected chi connectivity index (χ3v) is 3.26. The van der Waals surface area contributed by atoms with E-state index in [4.69, 9.17) is 5.73 Å². The van der Waals surface area contributed by atoms with Crippen molar-refractivity contribution in [3.8, 4) is 0 Å². The fraction of sp³-hybridized carbons (Fsp3) is 1.00. The van der Waals surface area contributed by atoms with E-state index < -0.39 is 0 Å². The SMILES string of the molecule is CC(CN)N[C@H](C)C1CCCCC1. The van der Waals surface area contributed by atoms with E-state index in [2.05, 4.69) is 19.2 Å². The van der Waals surface area contributed by atoms with Crippen molar-refractivity contribution in [2.24, 2.45) is 11.7 Å². The maximum Gasteiger partial charge on any atom is 0.0164 e. The maximum absolute atomic E-state index is 5.59. The monoisotopic (exact) mass is 184 g/mol. The van der Waals surface area contributed by atoms with E-state index in [-0.39, 0.29) is 0 Å². The minimum absolute atomic E-state index is 0.469. The van der Waals surface area contributed by atoms with E-state index in [9.17, 15) is 0 Å². The third-order valence-electron chi connectivity index (χ3n) is 3.26. The first-order valence-electron chi connectivity index (χ1n) is 5.70. The first kappa shape index (κ1) is 11.0. The van der Waals surface area contributed by atoms with Crippen molar-refractivity contribution >= 4 is 0 Å². The molecule has 1 rings (SSSR count). The molecule has 2 atom stereocenters. The van der Waals surface area contributed by atoms with E-state index in [1.807, 2.05) is 0 Å². The molecule has 0 bridgehead atoms. The molecule has 0 aliphatic heterocycles. The zero-order valence-electron chi connectivity index (χ0n) is 9.05. The second kappa shape index (κ2) is 5.61. The minimum atomic E-state index is 0.469. The van der Waals surface area contributed by atoms with Gasteiger partial charge in [-0.3, -0.25) is 0 Å². The van der Waals surface area contributed by atoms with Crippen molar-refractivity contribution in [1.82, 2.24) is 5.32 Å². The highest BCUT2D eigenvalue weighted by molar-refractivity contribution is 4.78. The molecule has 0 aromatic carbocycles. The van der Waals surface area contributed by atoms with Gasteiger partial charge in [0.15, 0.2) is 0 Å². The number of hydrogen-bond donors (Lipinski definition) is 2. The van der Waals surface area contributed by atoms with Crippen molar-refractivity contribution in [2.75, 3.05) is 6.54 Å². The van der Waals surface area contributed by atoms with Crippen LogP contribution in [0.15, 0.2) is 0 Å². The van der Waals surface area contributed by atoms with Gasteiger partial charge in [-0.15, -0.1) is 0 Å². The van der Waals surface area contributed by atoms with Crippen molar-refractivity contribution < 1.29 is 0 Å². The second-order valence-electron chi connectivity index (χ2n) is 4.49. The zero-order valence-corrected chi connectivity index (χ0v) is 9.05. The number of rotatable bonds is 4. The smallest absolute Gasteiger partial charge is 0.0164 e. The normalized spacial score (nSPS) is 24.2. The van der Waals surface area contributed by atoms with Gasteiger partial charge in [-0.05, 0) is 32.6 Å². The van der Waals surface area contributed by atoms with Crippen molar-refractivity contribution in [3.05, 3.63) is 0 Å². The highest BCUT2D eigenvalue weighted by atomic mass is 15.0. The molecular weight excluding hydrogens is 160 g/mol. The summed E-state index contributed by atoms with van der Waals surface area (Å²) in [6.45, 7) is 5.22. The quantitative estimate of drug-likeness (QED) is 0.700. The molecule has 1 saturated carbocycles. The van der Waals surface area contributed by atoms with Crippen LogP contribution in [0.3, 0.4) is 0 Å². The molecule has 3 N–H and O–H groups in total. The van der Waals surface area contributed by atoms with Gasteiger partial charge in [0, 0.05) is 18.6 Å². The molecule has 2 heteroatoms. The molecule has 0 aromatic rings. The standard InChI is InChI=1S/C11H24N2/c1-9(8-12)13-10(2)11-6-4-3-5-7-11/h9-11,13H,3-8,12H2,1-2H3/t9?,10-/m1/s1. The molecule has 1 fully saturated rings. The Morgan fingerprint density at radius 3 is 2.38 bits per heavy atom. The van der Waals surface area contributed by atoms with Gasteiger partial charge in [0.2, 0.25) is 0 Å². The molecule has 13 heavy (non-hydrogen) atoms. The van der Waals surface area contributed by atoms with E-state index in [0.717, 1.165) is 12.5 Å². The molecule has 1 aliphatic carbocycles. The third kappa shape index (κ3) is 3.65. The average molecular weight is 184 g/mol. The van der Waals surface area contributed by atoms with Crippen molar-refractivity contribution in [1.29, 1.82) is 0 Å². The lowest BCUT2D eigenvalue weighted by atomic mass is 9.84. The predicted molar refractivity (Wildman–Crippen MR) is 57.7 cm³/mol. The largest absolute Gasteiger partial charge is 0.329 e. The van der Waals surface area contributed by atoms with Gasteiger partial charge in [0.25, 0.3) is 0 Å². The van der Waals surface area contributed by atoms with Crippen LogP contribution < -0.4 is 11.1 Å². The van der Waals surface area contributed by atoms with Gasteiger partial charge in [-0.1, -0.05) is 19.3 Å². The lowest BCUT2D eigenvalue weighted by Crippen LogP contribution is -2.43. The Hall–Kier alpha value is -0.0800. The van der Waals surface area contributed by atoms with Crippen molar-refractivity contribution in [3.63, 3.8) is 0 Å².